The molecule has 0 amide bonds. The van der Waals surface area contributed by atoms with Gasteiger partial charge < -0.3 is 20.5 Å². The molecule has 2 aliphatic heterocycles. The number of esters is 1. The van der Waals surface area contributed by atoms with E-state index in [2.05, 4.69) is 55.8 Å². The third kappa shape index (κ3) is 17.7. The summed E-state index contributed by atoms with van der Waals surface area (Å²) in [6.45, 7) is 6.41. The van der Waals surface area contributed by atoms with E-state index in [1.165, 1.54) is 0 Å². The Labute approximate surface area is 186 Å². The highest BCUT2D eigenvalue weighted by Crippen LogP contribution is 2.16. The van der Waals surface area contributed by atoms with Crippen LogP contribution in [-0.2, 0) is 14.3 Å². The van der Waals surface area contributed by atoms with Gasteiger partial charge in [-0.3, -0.25) is 9.59 Å². The second kappa shape index (κ2) is 21.6. The van der Waals surface area contributed by atoms with Gasteiger partial charge in [-0.1, -0.05) is 45.2 Å². The Morgan fingerprint density at radius 1 is 0.885 bits per heavy atom. The van der Waals surface area contributed by atoms with Crippen molar-refractivity contribution in [2.75, 3.05) is 42.6 Å². The van der Waals surface area contributed by atoms with Crippen LogP contribution in [0.5, 0.6) is 0 Å². The van der Waals surface area contributed by atoms with E-state index in [0.29, 0.717) is 31.3 Å². The van der Waals surface area contributed by atoms with Crippen molar-refractivity contribution in [1.29, 1.82) is 0 Å². The van der Waals surface area contributed by atoms with E-state index < -0.39 is 5.97 Å². The van der Waals surface area contributed by atoms with Gasteiger partial charge in [0.25, 0.3) is 0 Å². The van der Waals surface area contributed by atoms with Gasteiger partial charge in [0, 0.05) is 12.8 Å². The van der Waals surface area contributed by atoms with Crippen LogP contribution in [-0.4, -0.2) is 59.7 Å². The first-order valence-electron chi connectivity index (χ1n) is 9.16. The number of carbonyl (C=O) groups excluding carboxylic acids is 1. The predicted molar refractivity (Wildman–Crippen MR) is 125 cm³/mol. The van der Waals surface area contributed by atoms with E-state index in [0.717, 1.165) is 51.9 Å². The summed E-state index contributed by atoms with van der Waals surface area (Å²) in [5.41, 5.74) is 0. The molecule has 3 N–H and O–H groups in total. The van der Waals surface area contributed by atoms with Gasteiger partial charge in [-0.15, -0.1) is 0 Å². The Morgan fingerprint density at radius 3 is 1.62 bits per heavy atom. The molecule has 26 heavy (non-hydrogen) atoms. The quantitative estimate of drug-likeness (QED) is 0.255. The van der Waals surface area contributed by atoms with Crippen molar-refractivity contribution in [2.45, 2.75) is 45.4 Å². The fourth-order valence-corrected chi connectivity index (χ4v) is 2.87. The molecule has 0 aromatic heterocycles. The number of carbonyl (C=O) groups is 2. The molecule has 0 radical (unpaired) electrons. The molecule has 156 valence electrons. The average molecular weight is 598 g/mol. The standard InChI is InChI=1S/C9H17NO2.C7H13NO2.2CH3I/c1-2-12-9(11)7-8-3-5-10-6-4-8;9-7(10)5-6-1-3-8-4-2-6;2*1-2/h8,10H,2-7H2,1H3;6,8H,1-5H2,(H,9,10);2*1H3. The smallest absolute Gasteiger partial charge is 0.306 e. The molecule has 0 bridgehead atoms. The number of rotatable bonds is 5. The molecule has 8 heteroatoms. The third-order valence-corrected chi connectivity index (χ3v) is 4.14. The molecule has 0 aromatic rings. The molecule has 2 aliphatic rings. The monoisotopic (exact) mass is 598 g/mol. The van der Waals surface area contributed by atoms with Crippen molar-refractivity contribution in [1.82, 2.24) is 10.6 Å². The fraction of sp³-hybridized carbons (Fsp3) is 0.889. The Morgan fingerprint density at radius 2 is 1.27 bits per heavy atom. The largest absolute Gasteiger partial charge is 0.481 e. The summed E-state index contributed by atoms with van der Waals surface area (Å²) in [4.78, 5) is 25.3. The maximum Gasteiger partial charge on any atom is 0.306 e. The van der Waals surface area contributed by atoms with Gasteiger partial charge in [0.2, 0.25) is 0 Å². The lowest BCUT2D eigenvalue weighted by Gasteiger charge is -2.21. The molecule has 2 fully saturated rings. The average Bonchev–Trinajstić information content (AvgIpc) is 2.67. The van der Waals surface area contributed by atoms with Gasteiger partial charge in [-0.05, 0) is 80.5 Å². The van der Waals surface area contributed by atoms with Gasteiger partial charge in [-0.2, -0.15) is 0 Å². The predicted octanol–water partition coefficient (Wildman–Crippen LogP) is 3.50. The van der Waals surface area contributed by atoms with Crippen molar-refractivity contribution in [3.8, 4) is 0 Å². The summed E-state index contributed by atoms with van der Waals surface area (Å²) in [6.07, 6.45) is 5.22. The SMILES string of the molecule is CCOC(=O)CC1CCNCC1.CI.CI.O=C(O)CC1CCNCC1. The molecule has 0 spiro atoms. The zero-order valence-corrected chi connectivity index (χ0v) is 20.7. The van der Waals surface area contributed by atoms with Gasteiger partial charge in [-0.25, -0.2) is 0 Å². The van der Waals surface area contributed by atoms with Gasteiger partial charge >= 0.3 is 11.9 Å². The minimum absolute atomic E-state index is 0.0376. The maximum absolute atomic E-state index is 11.1. The molecule has 0 aromatic carbocycles. The molecular formula is C18H36I2N2O4. The Balaban J connectivity index is 0. The van der Waals surface area contributed by atoms with Crippen LogP contribution in [0.4, 0.5) is 0 Å². The Hall–Kier alpha value is 0.320. The summed E-state index contributed by atoms with van der Waals surface area (Å²) in [6, 6.07) is 0. The number of aliphatic carboxylic acids is 1. The van der Waals surface area contributed by atoms with E-state index in [1.807, 2.05) is 16.8 Å². The molecule has 2 saturated heterocycles. The minimum atomic E-state index is -0.660. The van der Waals surface area contributed by atoms with E-state index in [1.54, 1.807) is 0 Å². The van der Waals surface area contributed by atoms with Crippen LogP contribution in [0.15, 0.2) is 0 Å². The fourth-order valence-electron chi connectivity index (χ4n) is 2.87. The number of ether oxygens (including phenoxy) is 1. The summed E-state index contributed by atoms with van der Waals surface area (Å²) in [5.74, 6) is 0.264. The van der Waals surface area contributed by atoms with Gasteiger partial charge in [0.15, 0.2) is 0 Å². The number of halogens is 2. The van der Waals surface area contributed by atoms with E-state index in [-0.39, 0.29) is 5.97 Å². The topological polar surface area (TPSA) is 87.7 Å². The number of hydrogen-bond acceptors (Lipinski definition) is 5. The van der Waals surface area contributed by atoms with Crippen molar-refractivity contribution in [3.63, 3.8) is 0 Å². The first-order valence-corrected chi connectivity index (χ1v) is 13.5. The summed E-state index contributed by atoms with van der Waals surface area (Å²) >= 11 is 4.30. The first kappa shape index (κ1) is 28.5. The number of carboxylic acids is 1. The molecule has 0 saturated carbocycles. The lowest BCUT2D eigenvalue weighted by molar-refractivity contribution is -0.144. The molecule has 0 unspecified atom stereocenters. The van der Waals surface area contributed by atoms with Gasteiger partial charge in [0.05, 0.1) is 6.61 Å². The van der Waals surface area contributed by atoms with Crippen molar-refractivity contribution in [3.05, 3.63) is 0 Å². The molecular weight excluding hydrogens is 562 g/mol. The Bertz CT molecular complexity index is 335. The highest BCUT2D eigenvalue weighted by molar-refractivity contribution is 14.1. The lowest BCUT2D eigenvalue weighted by atomic mass is 9.95. The molecule has 6 nitrogen and oxygen atoms in total. The second-order valence-corrected chi connectivity index (χ2v) is 5.99. The number of carboxylic acid groups (broad SMARTS) is 1. The van der Waals surface area contributed by atoms with Crippen LogP contribution in [0.2, 0.25) is 0 Å². The van der Waals surface area contributed by atoms with Crippen LogP contribution < -0.4 is 10.6 Å². The summed E-state index contributed by atoms with van der Waals surface area (Å²) in [7, 11) is 0. The highest BCUT2D eigenvalue weighted by atomic mass is 127. The van der Waals surface area contributed by atoms with E-state index in [9.17, 15) is 9.59 Å². The number of nitrogens with one attached hydrogen (secondary N) is 2. The van der Waals surface area contributed by atoms with Crippen LogP contribution in [0.3, 0.4) is 0 Å². The van der Waals surface area contributed by atoms with Crippen LogP contribution in [0.1, 0.15) is 45.4 Å². The number of alkyl halides is 2. The van der Waals surface area contributed by atoms with Crippen LogP contribution in [0, 0.1) is 11.8 Å². The normalized spacial score (nSPS) is 17.3. The van der Waals surface area contributed by atoms with Gasteiger partial charge in [0.1, 0.15) is 0 Å². The van der Waals surface area contributed by atoms with Crippen molar-refractivity contribution < 1.29 is 19.4 Å². The lowest BCUT2D eigenvalue weighted by Crippen LogP contribution is -2.29. The second-order valence-electron chi connectivity index (χ2n) is 5.99. The zero-order chi connectivity index (χ0) is 20.2. The summed E-state index contributed by atoms with van der Waals surface area (Å²) in [5, 5.41) is 14.9. The molecule has 2 rings (SSSR count). The van der Waals surface area contributed by atoms with Crippen molar-refractivity contribution >= 4 is 57.1 Å². The molecule has 2 heterocycles. The zero-order valence-electron chi connectivity index (χ0n) is 16.4. The number of hydrogen-bond donors (Lipinski definition) is 3. The first-order chi connectivity index (χ1) is 12.6. The summed E-state index contributed by atoms with van der Waals surface area (Å²) < 4.78 is 4.89. The molecule has 0 atom stereocenters. The van der Waals surface area contributed by atoms with E-state index in [4.69, 9.17) is 9.84 Å². The van der Waals surface area contributed by atoms with Crippen molar-refractivity contribution in [2.24, 2.45) is 11.8 Å². The highest BCUT2D eigenvalue weighted by Gasteiger charge is 2.17. The minimum Gasteiger partial charge on any atom is -0.481 e. The molecule has 0 aliphatic carbocycles. The Kier molecular flexibility index (Phi) is 23.7. The van der Waals surface area contributed by atoms with Crippen LogP contribution >= 0.6 is 45.2 Å². The maximum atomic E-state index is 11.1. The number of piperidine rings is 2. The third-order valence-electron chi connectivity index (χ3n) is 4.14. The van der Waals surface area contributed by atoms with E-state index >= 15 is 0 Å². The van der Waals surface area contributed by atoms with Crippen LogP contribution in [0.25, 0.3) is 0 Å².